The molecule has 1 aliphatic heterocycles. The molecule has 0 aliphatic carbocycles. The summed E-state index contributed by atoms with van der Waals surface area (Å²) in [6.07, 6.45) is 5.73. The van der Waals surface area contributed by atoms with Crippen molar-refractivity contribution >= 4 is 40.0 Å². The number of sulfonamides is 1. The van der Waals surface area contributed by atoms with Gasteiger partial charge in [0.05, 0.1) is 5.75 Å². The molecule has 8 heteroatoms. The highest BCUT2D eigenvalue weighted by Crippen LogP contribution is 2.33. The molecule has 1 rings (SSSR count). The SMILES string of the molecule is CCCC1(C)CCCN(C(=NC)NCCCN(C)S(=O)(=O)CC)C1.I. The second kappa shape index (κ2) is 11.6. The molecule has 1 fully saturated rings. The molecular weight excluding hydrogens is 451 g/mol. The van der Waals surface area contributed by atoms with Crippen LogP contribution in [0.1, 0.15) is 52.9 Å². The van der Waals surface area contributed by atoms with Crippen molar-refractivity contribution in [1.29, 1.82) is 0 Å². The average Bonchev–Trinajstić information content (AvgIpc) is 2.54. The van der Waals surface area contributed by atoms with Crippen molar-refractivity contribution in [3.63, 3.8) is 0 Å². The lowest BCUT2D eigenvalue weighted by Gasteiger charge is -2.42. The number of guanidine groups is 1. The Kier molecular flexibility index (Phi) is 11.5. The Bertz CT molecular complexity index is 509. The Hall–Kier alpha value is -0.0900. The molecule has 0 spiro atoms. The maximum Gasteiger partial charge on any atom is 0.213 e. The van der Waals surface area contributed by atoms with Crippen LogP contribution in [0.3, 0.4) is 0 Å². The summed E-state index contributed by atoms with van der Waals surface area (Å²) in [7, 11) is 0.387. The van der Waals surface area contributed by atoms with Crippen molar-refractivity contribution in [3.8, 4) is 0 Å². The van der Waals surface area contributed by atoms with Crippen molar-refractivity contribution in [3.05, 3.63) is 0 Å². The number of piperidine rings is 1. The van der Waals surface area contributed by atoms with Gasteiger partial charge in [0.25, 0.3) is 0 Å². The van der Waals surface area contributed by atoms with E-state index in [0.29, 0.717) is 12.0 Å². The van der Waals surface area contributed by atoms with Crippen LogP contribution in [0.15, 0.2) is 4.99 Å². The molecule has 150 valence electrons. The summed E-state index contributed by atoms with van der Waals surface area (Å²) in [5, 5.41) is 3.40. The van der Waals surface area contributed by atoms with Gasteiger partial charge in [-0.25, -0.2) is 12.7 Å². The third-order valence-electron chi connectivity index (χ3n) is 4.92. The minimum atomic E-state index is -3.08. The summed E-state index contributed by atoms with van der Waals surface area (Å²) in [6.45, 7) is 9.66. The minimum Gasteiger partial charge on any atom is -0.356 e. The Morgan fingerprint density at radius 1 is 1.36 bits per heavy atom. The van der Waals surface area contributed by atoms with Crippen LogP contribution in [0.25, 0.3) is 0 Å². The van der Waals surface area contributed by atoms with E-state index in [1.165, 1.54) is 30.0 Å². The number of nitrogens with zero attached hydrogens (tertiary/aromatic N) is 3. The Balaban J connectivity index is 0.00000576. The maximum absolute atomic E-state index is 11.7. The monoisotopic (exact) mass is 488 g/mol. The molecule has 25 heavy (non-hydrogen) atoms. The molecule has 0 aromatic heterocycles. The molecule has 1 aliphatic rings. The van der Waals surface area contributed by atoms with Crippen LogP contribution in [0.2, 0.25) is 0 Å². The highest BCUT2D eigenvalue weighted by molar-refractivity contribution is 14.0. The first kappa shape index (κ1) is 24.9. The van der Waals surface area contributed by atoms with Gasteiger partial charge in [0.2, 0.25) is 10.0 Å². The van der Waals surface area contributed by atoms with Gasteiger partial charge in [-0.15, -0.1) is 24.0 Å². The van der Waals surface area contributed by atoms with Gasteiger partial charge in [-0.05, 0) is 38.0 Å². The fourth-order valence-electron chi connectivity index (χ4n) is 3.50. The topological polar surface area (TPSA) is 65.0 Å². The Morgan fingerprint density at radius 2 is 2.04 bits per heavy atom. The van der Waals surface area contributed by atoms with Crippen molar-refractivity contribution in [2.24, 2.45) is 10.4 Å². The highest BCUT2D eigenvalue weighted by Gasteiger charge is 2.31. The lowest BCUT2D eigenvalue weighted by atomic mass is 9.78. The quantitative estimate of drug-likeness (QED) is 0.247. The second-order valence-electron chi connectivity index (χ2n) is 7.14. The van der Waals surface area contributed by atoms with Gasteiger partial charge in [0, 0.05) is 40.3 Å². The largest absolute Gasteiger partial charge is 0.356 e. The number of likely N-dealkylation sites (tertiary alicyclic amines) is 1. The third-order valence-corrected chi connectivity index (χ3v) is 6.78. The van der Waals surface area contributed by atoms with Crippen LogP contribution in [-0.2, 0) is 10.0 Å². The first-order valence-electron chi connectivity index (χ1n) is 9.17. The molecule has 0 radical (unpaired) electrons. The summed E-state index contributed by atoms with van der Waals surface area (Å²) in [5.41, 5.74) is 0.375. The van der Waals surface area contributed by atoms with Crippen molar-refractivity contribution < 1.29 is 8.42 Å². The second-order valence-corrected chi connectivity index (χ2v) is 9.50. The Morgan fingerprint density at radius 3 is 2.60 bits per heavy atom. The van der Waals surface area contributed by atoms with Crippen LogP contribution in [0.4, 0.5) is 0 Å². The smallest absolute Gasteiger partial charge is 0.213 e. The van der Waals surface area contributed by atoms with Crippen LogP contribution >= 0.6 is 24.0 Å². The molecule has 0 saturated carbocycles. The normalized spacial score (nSPS) is 22.0. The lowest BCUT2D eigenvalue weighted by Crippen LogP contribution is -2.50. The van der Waals surface area contributed by atoms with Crippen molar-refractivity contribution in [1.82, 2.24) is 14.5 Å². The van der Waals surface area contributed by atoms with E-state index in [2.05, 4.69) is 29.1 Å². The number of rotatable bonds is 8. The first-order valence-corrected chi connectivity index (χ1v) is 10.8. The van der Waals surface area contributed by atoms with Gasteiger partial charge in [-0.3, -0.25) is 4.99 Å². The highest BCUT2D eigenvalue weighted by atomic mass is 127. The van der Waals surface area contributed by atoms with E-state index < -0.39 is 10.0 Å². The van der Waals surface area contributed by atoms with Gasteiger partial charge in [-0.1, -0.05) is 20.3 Å². The van der Waals surface area contributed by atoms with Crippen molar-refractivity contribution in [2.45, 2.75) is 52.9 Å². The van der Waals surface area contributed by atoms with Gasteiger partial charge >= 0.3 is 0 Å². The molecule has 1 unspecified atom stereocenters. The van der Waals surface area contributed by atoms with E-state index in [1.807, 2.05) is 7.05 Å². The number of halogens is 1. The predicted octanol–water partition coefficient (Wildman–Crippen LogP) is 2.75. The number of hydrogen-bond acceptors (Lipinski definition) is 3. The van der Waals surface area contributed by atoms with E-state index in [-0.39, 0.29) is 29.7 Å². The van der Waals surface area contributed by atoms with E-state index in [0.717, 1.165) is 32.0 Å². The van der Waals surface area contributed by atoms with Gasteiger partial charge in [-0.2, -0.15) is 0 Å². The zero-order chi connectivity index (χ0) is 18.2. The molecule has 6 nitrogen and oxygen atoms in total. The number of aliphatic imine (C=N–C) groups is 1. The average molecular weight is 488 g/mol. The fourth-order valence-corrected chi connectivity index (χ4v) is 4.35. The van der Waals surface area contributed by atoms with E-state index in [1.54, 1.807) is 14.0 Å². The molecule has 1 heterocycles. The summed E-state index contributed by atoms with van der Waals surface area (Å²) >= 11 is 0. The summed E-state index contributed by atoms with van der Waals surface area (Å²) in [6, 6.07) is 0. The lowest BCUT2D eigenvalue weighted by molar-refractivity contribution is 0.142. The molecule has 1 atom stereocenters. The summed E-state index contributed by atoms with van der Waals surface area (Å²) in [5.74, 6) is 1.10. The van der Waals surface area contributed by atoms with Crippen LogP contribution in [0, 0.1) is 5.41 Å². The molecular formula is C17H37IN4O2S. The fraction of sp³-hybridized carbons (Fsp3) is 0.941. The first-order chi connectivity index (χ1) is 11.3. The molecule has 0 amide bonds. The molecule has 0 bridgehead atoms. The van der Waals surface area contributed by atoms with Gasteiger partial charge in [0.1, 0.15) is 0 Å². The number of nitrogens with one attached hydrogen (secondary N) is 1. The molecule has 0 aromatic rings. The van der Waals surface area contributed by atoms with Gasteiger partial charge in [0.15, 0.2) is 5.96 Å². The number of hydrogen-bond donors (Lipinski definition) is 1. The standard InChI is InChI=1S/C17H36N4O2S.HI/c1-6-10-17(3)11-8-14-21(15-17)16(18-4)19-12-9-13-20(5)24(22,23)7-2;/h6-15H2,1-5H3,(H,18,19);1H. The van der Waals surface area contributed by atoms with E-state index >= 15 is 0 Å². The van der Waals surface area contributed by atoms with Crippen LogP contribution in [-0.4, -0.2) is 69.6 Å². The zero-order valence-electron chi connectivity index (χ0n) is 16.5. The Labute approximate surface area is 171 Å². The van der Waals surface area contributed by atoms with E-state index in [9.17, 15) is 8.42 Å². The van der Waals surface area contributed by atoms with Gasteiger partial charge < -0.3 is 10.2 Å². The third kappa shape index (κ3) is 7.99. The van der Waals surface area contributed by atoms with E-state index in [4.69, 9.17) is 0 Å². The van der Waals surface area contributed by atoms with Crippen LogP contribution < -0.4 is 5.32 Å². The summed E-state index contributed by atoms with van der Waals surface area (Å²) in [4.78, 5) is 6.77. The predicted molar refractivity (Wildman–Crippen MR) is 117 cm³/mol. The minimum absolute atomic E-state index is 0. The van der Waals surface area contributed by atoms with Crippen molar-refractivity contribution in [2.75, 3.05) is 46.0 Å². The molecule has 0 aromatic carbocycles. The zero-order valence-corrected chi connectivity index (χ0v) is 19.7. The van der Waals surface area contributed by atoms with Crippen LogP contribution in [0.5, 0.6) is 0 Å². The summed E-state index contributed by atoms with van der Waals surface area (Å²) < 4.78 is 24.9. The molecule has 1 N–H and O–H groups in total. The molecule has 1 saturated heterocycles. The maximum atomic E-state index is 11.7.